The summed E-state index contributed by atoms with van der Waals surface area (Å²) in [7, 11) is 2.04. The van der Waals surface area contributed by atoms with Crippen molar-refractivity contribution in [3.8, 4) is 0 Å². The van der Waals surface area contributed by atoms with Crippen LogP contribution in [0.25, 0.3) is 0 Å². The molecule has 0 spiro atoms. The maximum atomic E-state index is 11.3. The molecule has 0 unspecified atom stereocenters. The number of rotatable bonds is 4. The Bertz CT molecular complexity index is 409. The molecule has 2 N–H and O–H groups in total. The van der Waals surface area contributed by atoms with E-state index in [1.807, 2.05) is 31.3 Å². The molecule has 0 aliphatic heterocycles. The monoisotopic (exact) mass is 246 g/mol. The third kappa shape index (κ3) is 3.33. The Kier molecular flexibility index (Phi) is 4.37. The highest BCUT2D eigenvalue weighted by Crippen LogP contribution is 2.22. The summed E-state index contributed by atoms with van der Waals surface area (Å²) >= 11 is 0. The first kappa shape index (κ1) is 13.1. The molecular formula is C15H22N2O. The number of hydrogen-bond acceptors (Lipinski definition) is 3. The Labute approximate surface area is 109 Å². The molecule has 0 amide bonds. The zero-order valence-corrected chi connectivity index (χ0v) is 11.2. The van der Waals surface area contributed by atoms with Crippen LogP contribution < -0.4 is 10.6 Å². The van der Waals surface area contributed by atoms with E-state index in [9.17, 15) is 4.79 Å². The van der Waals surface area contributed by atoms with Crippen molar-refractivity contribution in [3.63, 3.8) is 0 Å². The molecule has 2 rings (SSSR count). The molecule has 0 heterocycles. The Morgan fingerprint density at radius 2 is 1.83 bits per heavy atom. The maximum Gasteiger partial charge on any atom is 0.159 e. The number of carbonyl (C=O) groups is 1. The quantitative estimate of drug-likeness (QED) is 0.803. The van der Waals surface area contributed by atoms with E-state index < -0.39 is 0 Å². The molecule has 0 radical (unpaired) electrons. The number of ketones is 1. The van der Waals surface area contributed by atoms with Gasteiger partial charge in [0, 0.05) is 23.3 Å². The van der Waals surface area contributed by atoms with E-state index in [0.717, 1.165) is 11.3 Å². The number of hydrogen-bond donors (Lipinski definition) is 2. The summed E-state index contributed by atoms with van der Waals surface area (Å²) in [6.07, 6.45) is 4.83. The van der Waals surface area contributed by atoms with E-state index >= 15 is 0 Å². The highest BCUT2D eigenvalue weighted by Gasteiger charge is 2.19. The van der Waals surface area contributed by atoms with Gasteiger partial charge in [0.2, 0.25) is 0 Å². The lowest BCUT2D eigenvalue weighted by Crippen LogP contribution is -2.34. The molecule has 1 aliphatic rings. The predicted octanol–water partition coefficient (Wildman–Crippen LogP) is 2.83. The summed E-state index contributed by atoms with van der Waals surface area (Å²) in [5.74, 6) is 0.123. The average Bonchev–Trinajstić information content (AvgIpc) is 2.40. The lowest BCUT2D eigenvalue weighted by atomic mass is 9.91. The van der Waals surface area contributed by atoms with Crippen molar-refractivity contribution in [2.75, 3.05) is 12.4 Å². The van der Waals surface area contributed by atoms with Crippen LogP contribution in [-0.2, 0) is 0 Å². The second-order valence-electron chi connectivity index (χ2n) is 5.12. The van der Waals surface area contributed by atoms with Gasteiger partial charge in [0.05, 0.1) is 0 Å². The van der Waals surface area contributed by atoms with E-state index in [1.165, 1.54) is 25.7 Å². The van der Waals surface area contributed by atoms with Gasteiger partial charge < -0.3 is 10.6 Å². The predicted molar refractivity (Wildman–Crippen MR) is 75.2 cm³/mol. The van der Waals surface area contributed by atoms with Gasteiger partial charge in [0.1, 0.15) is 0 Å². The largest absolute Gasteiger partial charge is 0.382 e. The molecule has 0 atom stereocenters. The van der Waals surface area contributed by atoms with Crippen LogP contribution in [0.15, 0.2) is 24.3 Å². The molecule has 1 aromatic rings. The second kappa shape index (κ2) is 6.01. The SMILES string of the molecule is CNC1CCC(Nc2cccc(C(C)=O)c2)CC1. The molecule has 0 aromatic heterocycles. The molecule has 1 aromatic carbocycles. The van der Waals surface area contributed by atoms with Gasteiger partial charge in [-0.3, -0.25) is 4.79 Å². The minimum atomic E-state index is 0.123. The molecule has 18 heavy (non-hydrogen) atoms. The first-order valence-electron chi connectivity index (χ1n) is 6.74. The average molecular weight is 246 g/mol. The summed E-state index contributed by atoms with van der Waals surface area (Å²) < 4.78 is 0. The van der Waals surface area contributed by atoms with Crippen molar-refractivity contribution in [1.29, 1.82) is 0 Å². The minimum absolute atomic E-state index is 0.123. The third-order valence-electron chi connectivity index (χ3n) is 3.78. The van der Waals surface area contributed by atoms with Crippen molar-refractivity contribution in [1.82, 2.24) is 5.32 Å². The summed E-state index contributed by atoms with van der Waals surface area (Å²) in [5.41, 5.74) is 1.85. The van der Waals surface area contributed by atoms with Crippen LogP contribution in [0.4, 0.5) is 5.69 Å². The minimum Gasteiger partial charge on any atom is -0.382 e. The number of Topliss-reactive ketones (excluding diaryl/α,β-unsaturated/α-hetero) is 1. The zero-order valence-electron chi connectivity index (χ0n) is 11.2. The normalized spacial score (nSPS) is 23.7. The third-order valence-corrected chi connectivity index (χ3v) is 3.78. The fourth-order valence-electron chi connectivity index (χ4n) is 2.59. The van der Waals surface area contributed by atoms with Gasteiger partial charge in [-0.2, -0.15) is 0 Å². The maximum absolute atomic E-state index is 11.3. The van der Waals surface area contributed by atoms with Crippen molar-refractivity contribution < 1.29 is 4.79 Å². The van der Waals surface area contributed by atoms with Gasteiger partial charge in [-0.25, -0.2) is 0 Å². The topological polar surface area (TPSA) is 41.1 Å². The van der Waals surface area contributed by atoms with E-state index in [2.05, 4.69) is 10.6 Å². The van der Waals surface area contributed by atoms with Crippen LogP contribution in [-0.4, -0.2) is 24.9 Å². The summed E-state index contributed by atoms with van der Waals surface area (Å²) in [6, 6.07) is 9.01. The van der Waals surface area contributed by atoms with E-state index in [1.54, 1.807) is 6.92 Å². The van der Waals surface area contributed by atoms with Gasteiger partial charge in [-0.1, -0.05) is 12.1 Å². The highest BCUT2D eigenvalue weighted by molar-refractivity contribution is 5.94. The van der Waals surface area contributed by atoms with Gasteiger partial charge >= 0.3 is 0 Å². The first-order valence-corrected chi connectivity index (χ1v) is 6.74. The Morgan fingerprint density at radius 3 is 2.44 bits per heavy atom. The van der Waals surface area contributed by atoms with Gasteiger partial charge in [-0.15, -0.1) is 0 Å². The molecule has 3 heteroatoms. The van der Waals surface area contributed by atoms with Crippen molar-refractivity contribution in [2.45, 2.75) is 44.7 Å². The van der Waals surface area contributed by atoms with E-state index in [-0.39, 0.29) is 5.78 Å². The molecule has 1 saturated carbocycles. The summed E-state index contributed by atoms with van der Waals surface area (Å²) in [5, 5.41) is 6.88. The van der Waals surface area contributed by atoms with E-state index in [4.69, 9.17) is 0 Å². The molecule has 98 valence electrons. The van der Waals surface area contributed by atoms with Gasteiger partial charge in [0.15, 0.2) is 5.78 Å². The lowest BCUT2D eigenvalue weighted by molar-refractivity contribution is 0.101. The van der Waals surface area contributed by atoms with Crippen molar-refractivity contribution in [2.24, 2.45) is 0 Å². The fraction of sp³-hybridized carbons (Fsp3) is 0.533. The lowest BCUT2D eigenvalue weighted by Gasteiger charge is -2.29. The molecule has 1 aliphatic carbocycles. The fourth-order valence-corrected chi connectivity index (χ4v) is 2.59. The summed E-state index contributed by atoms with van der Waals surface area (Å²) in [4.78, 5) is 11.3. The van der Waals surface area contributed by atoms with Gasteiger partial charge in [0.25, 0.3) is 0 Å². The van der Waals surface area contributed by atoms with Gasteiger partial charge in [-0.05, 0) is 51.8 Å². The molecule has 1 fully saturated rings. The Balaban J connectivity index is 1.94. The number of nitrogens with one attached hydrogen (secondary N) is 2. The van der Waals surface area contributed by atoms with Crippen LogP contribution in [0.1, 0.15) is 43.0 Å². The first-order chi connectivity index (χ1) is 8.69. The molecule has 0 saturated heterocycles. The van der Waals surface area contributed by atoms with Crippen molar-refractivity contribution >= 4 is 11.5 Å². The van der Waals surface area contributed by atoms with Crippen molar-refractivity contribution in [3.05, 3.63) is 29.8 Å². The molecule has 0 bridgehead atoms. The smallest absolute Gasteiger partial charge is 0.159 e. The Morgan fingerprint density at radius 1 is 1.17 bits per heavy atom. The second-order valence-corrected chi connectivity index (χ2v) is 5.12. The zero-order chi connectivity index (χ0) is 13.0. The van der Waals surface area contributed by atoms with Crippen LogP contribution >= 0.6 is 0 Å². The number of anilines is 1. The van der Waals surface area contributed by atoms with Crippen LogP contribution in [0, 0.1) is 0 Å². The number of benzene rings is 1. The van der Waals surface area contributed by atoms with E-state index in [0.29, 0.717) is 12.1 Å². The standard InChI is InChI=1S/C15H22N2O/c1-11(18)12-4-3-5-15(10-12)17-14-8-6-13(16-2)7-9-14/h3-5,10,13-14,16-17H,6-9H2,1-2H3. The Hall–Kier alpha value is -1.35. The number of carbonyl (C=O) groups excluding carboxylic acids is 1. The van der Waals surface area contributed by atoms with Crippen LogP contribution in [0.5, 0.6) is 0 Å². The highest BCUT2D eigenvalue weighted by atomic mass is 16.1. The summed E-state index contributed by atoms with van der Waals surface area (Å²) in [6.45, 7) is 1.61. The van der Waals surface area contributed by atoms with Crippen LogP contribution in [0.3, 0.4) is 0 Å². The molecular weight excluding hydrogens is 224 g/mol. The molecule has 3 nitrogen and oxygen atoms in total. The van der Waals surface area contributed by atoms with Crippen LogP contribution in [0.2, 0.25) is 0 Å².